The lowest BCUT2D eigenvalue weighted by atomic mass is 10.1. The van der Waals surface area contributed by atoms with Gasteiger partial charge in [0.05, 0.1) is 10.9 Å². The van der Waals surface area contributed by atoms with Crippen LogP contribution in [0.5, 0.6) is 5.75 Å². The molecule has 186 valence electrons. The van der Waals surface area contributed by atoms with Gasteiger partial charge in [0, 0.05) is 6.42 Å². The minimum absolute atomic E-state index is 0.138. The zero-order valence-electron chi connectivity index (χ0n) is 19.3. The lowest BCUT2D eigenvalue weighted by molar-refractivity contribution is -0.124. The van der Waals surface area contributed by atoms with Crippen LogP contribution in [0.1, 0.15) is 44.4 Å². The fourth-order valence-electron chi connectivity index (χ4n) is 3.38. The minimum Gasteiger partial charge on any atom is -0.466 e. The Hall–Kier alpha value is -1.77. The topological polar surface area (TPSA) is 58.6 Å². The molecule has 1 saturated heterocycles. The highest BCUT2D eigenvalue weighted by Crippen LogP contribution is 2.38. The van der Waals surface area contributed by atoms with Gasteiger partial charge in [-0.2, -0.15) is 0 Å². The molecule has 1 aliphatic heterocycles. The Labute approximate surface area is 230 Å². The number of carbonyl (C=O) groups is 2. The average Bonchev–Trinajstić information content (AvgIpc) is 3.06. The van der Waals surface area contributed by atoms with Crippen LogP contribution in [-0.4, -0.2) is 31.1 Å². The monoisotopic (exact) mass is 570 g/mol. The van der Waals surface area contributed by atoms with Crippen LogP contribution in [0.2, 0.25) is 0 Å². The van der Waals surface area contributed by atoms with Gasteiger partial charge in [0.1, 0.15) is 10.1 Å². The molecule has 2 aromatic rings. The molecule has 0 spiro atoms. The van der Waals surface area contributed by atoms with E-state index in [2.05, 4.69) is 5.32 Å². The SMILES string of the molecule is CC(C)CC(=O)N[C@@H](Oc1ccc(/C=C2\SC(=S)N([C@@H](C)c3ccccc3)C2=O)cc1)C(Cl)(Cl)Cl. The van der Waals surface area contributed by atoms with Crippen molar-refractivity contribution < 1.29 is 14.3 Å². The molecule has 1 heterocycles. The summed E-state index contributed by atoms with van der Waals surface area (Å²) < 4.78 is 4.39. The normalized spacial score (nSPS) is 17.1. The molecular formula is C25H25Cl3N2O3S2. The molecule has 2 aromatic carbocycles. The van der Waals surface area contributed by atoms with E-state index in [4.69, 9.17) is 51.8 Å². The van der Waals surface area contributed by atoms with Gasteiger partial charge in [-0.1, -0.05) is 115 Å². The zero-order chi connectivity index (χ0) is 25.8. The predicted molar refractivity (Wildman–Crippen MR) is 149 cm³/mol. The number of halogens is 3. The van der Waals surface area contributed by atoms with Crippen molar-refractivity contribution in [1.82, 2.24) is 10.2 Å². The van der Waals surface area contributed by atoms with E-state index in [-0.39, 0.29) is 30.2 Å². The molecular weight excluding hydrogens is 547 g/mol. The second kappa shape index (κ2) is 12.0. The van der Waals surface area contributed by atoms with E-state index in [1.807, 2.05) is 51.1 Å². The number of thioether (sulfide) groups is 1. The molecule has 1 fully saturated rings. The van der Waals surface area contributed by atoms with Gasteiger partial charge in [0.2, 0.25) is 15.9 Å². The fourth-order valence-corrected chi connectivity index (χ4v) is 5.09. The van der Waals surface area contributed by atoms with Crippen LogP contribution in [-0.2, 0) is 9.59 Å². The average molecular weight is 572 g/mol. The van der Waals surface area contributed by atoms with Gasteiger partial charge in [0.25, 0.3) is 5.91 Å². The van der Waals surface area contributed by atoms with E-state index in [1.165, 1.54) is 11.8 Å². The van der Waals surface area contributed by atoms with Gasteiger partial charge in [0.15, 0.2) is 0 Å². The summed E-state index contributed by atoms with van der Waals surface area (Å²) in [6.45, 7) is 5.79. The molecule has 0 unspecified atom stereocenters. The van der Waals surface area contributed by atoms with Crippen molar-refractivity contribution in [3.8, 4) is 5.75 Å². The minimum atomic E-state index is -1.87. The first kappa shape index (κ1) is 27.8. The van der Waals surface area contributed by atoms with Crippen molar-refractivity contribution in [1.29, 1.82) is 0 Å². The van der Waals surface area contributed by atoms with Crippen LogP contribution in [0, 0.1) is 5.92 Å². The molecule has 35 heavy (non-hydrogen) atoms. The molecule has 0 aromatic heterocycles. The number of thiocarbonyl (C=S) groups is 1. The Bertz CT molecular complexity index is 1100. The Kier molecular flexibility index (Phi) is 9.52. The number of hydrogen-bond acceptors (Lipinski definition) is 5. The van der Waals surface area contributed by atoms with Crippen LogP contribution in [0.25, 0.3) is 6.08 Å². The summed E-state index contributed by atoms with van der Waals surface area (Å²) in [6, 6.07) is 16.5. The summed E-state index contributed by atoms with van der Waals surface area (Å²) in [7, 11) is 0. The first-order chi connectivity index (χ1) is 16.5. The molecule has 5 nitrogen and oxygen atoms in total. The van der Waals surface area contributed by atoms with Crippen molar-refractivity contribution in [3.05, 3.63) is 70.6 Å². The number of carbonyl (C=O) groups excluding carboxylic acids is 2. The summed E-state index contributed by atoms with van der Waals surface area (Å²) in [5.41, 5.74) is 1.79. The lowest BCUT2D eigenvalue weighted by Crippen LogP contribution is -2.48. The Morgan fingerprint density at radius 1 is 1.11 bits per heavy atom. The molecule has 0 saturated carbocycles. The van der Waals surface area contributed by atoms with Crippen molar-refractivity contribution in [2.45, 2.75) is 43.3 Å². The number of benzene rings is 2. The second-order valence-electron chi connectivity index (χ2n) is 8.41. The van der Waals surface area contributed by atoms with E-state index >= 15 is 0 Å². The van der Waals surface area contributed by atoms with Crippen molar-refractivity contribution in [3.63, 3.8) is 0 Å². The fraction of sp³-hybridized carbons (Fsp3) is 0.320. The third-order valence-corrected chi connectivity index (χ3v) is 7.03. The molecule has 1 N–H and O–H groups in total. The van der Waals surface area contributed by atoms with E-state index < -0.39 is 10.0 Å². The lowest BCUT2D eigenvalue weighted by Gasteiger charge is -2.26. The van der Waals surface area contributed by atoms with E-state index in [9.17, 15) is 9.59 Å². The van der Waals surface area contributed by atoms with Gasteiger partial charge < -0.3 is 10.1 Å². The van der Waals surface area contributed by atoms with Crippen LogP contribution >= 0.6 is 58.8 Å². The maximum atomic E-state index is 13.1. The largest absolute Gasteiger partial charge is 0.466 e. The number of ether oxygens (including phenoxy) is 1. The standard InChI is InChI=1S/C25H25Cl3N2O3S2/c1-15(2)13-21(31)29-23(25(26,27)28)33-19-11-9-17(10-12-19)14-20-22(32)30(24(34)35-20)16(3)18-7-5-4-6-8-18/h4-12,14-16,23H,13H2,1-3H3,(H,29,31)/b20-14-/t16-,23-/m0/s1. The van der Waals surface area contributed by atoms with Gasteiger partial charge in [-0.05, 0) is 42.2 Å². The number of nitrogens with one attached hydrogen (secondary N) is 1. The molecule has 0 bridgehead atoms. The van der Waals surface area contributed by atoms with Gasteiger partial charge >= 0.3 is 0 Å². The van der Waals surface area contributed by atoms with Crippen LogP contribution in [0.15, 0.2) is 59.5 Å². The highest BCUT2D eigenvalue weighted by Gasteiger charge is 2.37. The first-order valence-electron chi connectivity index (χ1n) is 10.9. The van der Waals surface area contributed by atoms with Gasteiger partial charge in [-0.15, -0.1) is 0 Å². The Morgan fingerprint density at radius 2 is 1.74 bits per heavy atom. The summed E-state index contributed by atoms with van der Waals surface area (Å²) in [4.78, 5) is 27.4. The quantitative estimate of drug-likeness (QED) is 0.162. The van der Waals surface area contributed by atoms with Crippen molar-refractivity contribution >= 4 is 81.0 Å². The first-order valence-corrected chi connectivity index (χ1v) is 13.3. The maximum absolute atomic E-state index is 13.1. The summed E-state index contributed by atoms with van der Waals surface area (Å²) >= 11 is 24.8. The second-order valence-corrected chi connectivity index (χ2v) is 12.5. The number of amides is 2. The molecule has 0 radical (unpaired) electrons. The predicted octanol–water partition coefficient (Wildman–Crippen LogP) is 6.89. The number of nitrogens with zero attached hydrogens (tertiary/aromatic N) is 1. The Morgan fingerprint density at radius 3 is 2.31 bits per heavy atom. The molecule has 2 atom stereocenters. The summed E-state index contributed by atoms with van der Waals surface area (Å²) in [5, 5.41) is 2.61. The van der Waals surface area contributed by atoms with Gasteiger partial charge in [-0.25, -0.2) is 0 Å². The smallest absolute Gasteiger partial charge is 0.266 e. The maximum Gasteiger partial charge on any atom is 0.266 e. The molecule has 2 amide bonds. The van der Waals surface area contributed by atoms with E-state index in [1.54, 1.807) is 35.2 Å². The summed E-state index contributed by atoms with van der Waals surface area (Å²) in [5.74, 6) is 0.128. The van der Waals surface area contributed by atoms with E-state index in [0.29, 0.717) is 15.0 Å². The number of rotatable bonds is 8. The van der Waals surface area contributed by atoms with Crippen molar-refractivity contribution in [2.24, 2.45) is 5.92 Å². The van der Waals surface area contributed by atoms with Crippen LogP contribution in [0.3, 0.4) is 0 Å². The summed E-state index contributed by atoms with van der Waals surface area (Å²) in [6.07, 6.45) is 0.887. The van der Waals surface area contributed by atoms with Crippen molar-refractivity contribution in [2.75, 3.05) is 0 Å². The molecule has 3 rings (SSSR count). The van der Waals surface area contributed by atoms with Crippen LogP contribution < -0.4 is 10.1 Å². The highest BCUT2D eigenvalue weighted by molar-refractivity contribution is 8.26. The molecule has 1 aliphatic rings. The Balaban J connectivity index is 1.71. The molecule has 0 aliphatic carbocycles. The number of hydrogen-bond donors (Lipinski definition) is 1. The number of alkyl halides is 3. The van der Waals surface area contributed by atoms with Crippen LogP contribution in [0.4, 0.5) is 0 Å². The third kappa shape index (κ3) is 7.61. The van der Waals surface area contributed by atoms with E-state index in [0.717, 1.165) is 11.1 Å². The highest BCUT2D eigenvalue weighted by atomic mass is 35.6. The third-order valence-electron chi connectivity index (χ3n) is 5.11. The van der Waals surface area contributed by atoms with Gasteiger partial charge in [-0.3, -0.25) is 14.5 Å². The zero-order valence-corrected chi connectivity index (χ0v) is 23.2. The molecule has 10 heteroatoms.